The Bertz CT molecular complexity index is 474. The minimum absolute atomic E-state index is 0.0406. The van der Waals surface area contributed by atoms with E-state index in [1.54, 1.807) is 0 Å². The van der Waals surface area contributed by atoms with Crippen molar-refractivity contribution in [2.45, 2.75) is 6.42 Å². The number of rotatable bonds is 2. The number of alkyl halides is 1. The molecule has 16 heavy (non-hydrogen) atoms. The maximum Gasteiger partial charge on any atom is 0.351 e. The summed E-state index contributed by atoms with van der Waals surface area (Å²) < 4.78 is 0. The molecule has 0 bridgehead atoms. The number of aromatic nitrogens is 3. The van der Waals surface area contributed by atoms with Gasteiger partial charge < -0.3 is 5.73 Å². The van der Waals surface area contributed by atoms with Gasteiger partial charge in [0.2, 0.25) is 17.8 Å². The Balaban J connectivity index is 2.31. The third-order valence-corrected chi connectivity index (χ3v) is 2.76. The second kappa shape index (κ2) is 4.09. The second-order valence-corrected chi connectivity index (χ2v) is 3.88. The molecule has 0 aromatic carbocycles. The lowest BCUT2D eigenvalue weighted by molar-refractivity contribution is -0.117. The predicted octanol–water partition coefficient (Wildman–Crippen LogP) is -0.661. The van der Waals surface area contributed by atoms with Crippen molar-refractivity contribution in [2.24, 2.45) is 5.92 Å². The standard InChI is InChI=1S/C8H10ClN5O2/c9-2-4-1-5(15)14(3-4)7-11-6(10)12-8(16)13-7/h4H,1-3H2,(H3,10,11,12,13,16). The Labute approximate surface area is 95.6 Å². The Kier molecular flexibility index (Phi) is 2.78. The lowest BCUT2D eigenvalue weighted by Gasteiger charge is -2.13. The van der Waals surface area contributed by atoms with E-state index in [2.05, 4.69) is 15.0 Å². The van der Waals surface area contributed by atoms with Gasteiger partial charge in [0.15, 0.2) is 0 Å². The van der Waals surface area contributed by atoms with Crippen LogP contribution < -0.4 is 16.3 Å². The highest BCUT2D eigenvalue weighted by atomic mass is 35.5. The number of nitrogens with two attached hydrogens (primary N) is 1. The molecule has 1 aromatic rings. The molecule has 7 nitrogen and oxygen atoms in total. The summed E-state index contributed by atoms with van der Waals surface area (Å²) in [6.07, 6.45) is 0.347. The molecule has 1 unspecified atom stereocenters. The average Bonchev–Trinajstić information content (AvgIpc) is 2.58. The normalized spacial score (nSPS) is 20.4. The summed E-state index contributed by atoms with van der Waals surface area (Å²) in [4.78, 5) is 33.6. The quantitative estimate of drug-likeness (QED) is 0.671. The molecule has 1 fully saturated rings. The number of nitrogens with one attached hydrogen (secondary N) is 1. The third-order valence-electron chi connectivity index (χ3n) is 2.32. The molecule has 1 amide bonds. The molecule has 2 rings (SSSR count). The van der Waals surface area contributed by atoms with Gasteiger partial charge in [-0.3, -0.25) is 14.7 Å². The van der Waals surface area contributed by atoms with E-state index in [9.17, 15) is 9.59 Å². The van der Waals surface area contributed by atoms with Gasteiger partial charge in [-0.05, 0) is 5.92 Å². The lowest BCUT2D eigenvalue weighted by Crippen LogP contribution is -2.30. The van der Waals surface area contributed by atoms with Crippen molar-refractivity contribution in [1.82, 2.24) is 15.0 Å². The monoisotopic (exact) mass is 243 g/mol. The summed E-state index contributed by atoms with van der Waals surface area (Å²) >= 11 is 5.68. The van der Waals surface area contributed by atoms with Crippen LogP contribution in [0, 0.1) is 5.92 Å². The molecule has 1 atom stereocenters. The van der Waals surface area contributed by atoms with Crippen LogP contribution in [0.3, 0.4) is 0 Å². The van der Waals surface area contributed by atoms with Gasteiger partial charge >= 0.3 is 5.69 Å². The van der Waals surface area contributed by atoms with Crippen LogP contribution in [0.5, 0.6) is 0 Å². The van der Waals surface area contributed by atoms with Crippen molar-refractivity contribution in [3.8, 4) is 0 Å². The van der Waals surface area contributed by atoms with Gasteiger partial charge in [0.25, 0.3) is 0 Å². The molecule has 1 aromatic heterocycles. The maximum absolute atomic E-state index is 11.6. The van der Waals surface area contributed by atoms with Crippen molar-refractivity contribution >= 4 is 29.4 Å². The number of nitrogen functional groups attached to an aromatic ring is 1. The fraction of sp³-hybridized carbons (Fsp3) is 0.500. The van der Waals surface area contributed by atoms with Crippen molar-refractivity contribution < 1.29 is 4.79 Å². The van der Waals surface area contributed by atoms with Gasteiger partial charge in [0.05, 0.1) is 0 Å². The zero-order valence-electron chi connectivity index (χ0n) is 8.31. The zero-order chi connectivity index (χ0) is 11.7. The van der Waals surface area contributed by atoms with Gasteiger partial charge in [-0.1, -0.05) is 0 Å². The number of halogens is 1. The van der Waals surface area contributed by atoms with Crippen LogP contribution >= 0.6 is 11.6 Å². The number of carbonyl (C=O) groups is 1. The highest BCUT2D eigenvalue weighted by Crippen LogP contribution is 2.22. The summed E-state index contributed by atoms with van der Waals surface area (Å²) in [5.41, 5.74) is 4.75. The highest BCUT2D eigenvalue weighted by Gasteiger charge is 2.31. The number of aromatic amines is 1. The predicted molar refractivity (Wildman–Crippen MR) is 58.2 cm³/mol. The summed E-state index contributed by atoms with van der Waals surface area (Å²) in [6, 6.07) is 0. The van der Waals surface area contributed by atoms with E-state index in [4.69, 9.17) is 17.3 Å². The molecule has 1 saturated heterocycles. The number of H-pyrrole nitrogens is 1. The topological polar surface area (TPSA) is 105 Å². The van der Waals surface area contributed by atoms with E-state index < -0.39 is 5.69 Å². The largest absolute Gasteiger partial charge is 0.369 e. The van der Waals surface area contributed by atoms with Crippen molar-refractivity contribution in [3.05, 3.63) is 10.5 Å². The van der Waals surface area contributed by atoms with Gasteiger partial charge in [-0.2, -0.15) is 9.97 Å². The first-order valence-electron chi connectivity index (χ1n) is 4.70. The van der Waals surface area contributed by atoms with Gasteiger partial charge in [-0.15, -0.1) is 11.6 Å². The van der Waals surface area contributed by atoms with E-state index in [1.165, 1.54) is 4.90 Å². The minimum atomic E-state index is -0.621. The molecule has 1 aliphatic heterocycles. The van der Waals surface area contributed by atoms with Crippen LogP contribution in [0.4, 0.5) is 11.9 Å². The second-order valence-electron chi connectivity index (χ2n) is 3.57. The number of hydrogen-bond acceptors (Lipinski definition) is 5. The zero-order valence-corrected chi connectivity index (χ0v) is 9.07. The van der Waals surface area contributed by atoms with E-state index in [0.29, 0.717) is 18.8 Å². The molecule has 0 aliphatic carbocycles. The maximum atomic E-state index is 11.6. The third kappa shape index (κ3) is 1.99. The first-order valence-corrected chi connectivity index (χ1v) is 5.23. The minimum Gasteiger partial charge on any atom is -0.369 e. The smallest absolute Gasteiger partial charge is 0.351 e. The molecule has 0 spiro atoms. The van der Waals surface area contributed by atoms with Gasteiger partial charge in [0.1, 0.15) is 0 Å². The Morgan fingerprint density at radius 3 is 2.81 bits per heavy atom. The first kappa shape index (κ1) is 10.9. The van der Waals surface area contributed by atoms with Crippen LogP contribution in [0.2, 0.25) is 0 Å². The lowest BCUT2D eigenvalue weighted by atomic mass is 10.2. The van der Waals surface area contributed by atoms with Crippen LogP contribution in [-0.2, 0) is 4.79 Å². The highest BCUT2D eigenvalue weighted by molar-refractivity contribution is 6.18. The summed E-state index contributed by atoms with van der Waals surface area (Å²) in [5.74, 6) is 0.297. The van der Waals surface area contributed by atoms with Crippen LogP contribution in [0.25, 0.3) is 0 Å². The summed E-state index contributed by atoms with van der Waals surface area (Å²) in [5, 5.41) is 0. The molecule has 2 heterocycles. The summed E-state index contributed by atoms with van der Waals surface area (Å²) in [6.45, 7) is 0.422. The van der Waals surface area contributed by atoms with Crippen LogP contribution in [0.15, 0.2) is 4.79 Å². The molecule has 86 valence electrons. The molecule has 0 radical (unpaired) electrons. The fourth-order valence-electron chi connectivity index (χ4n) is 1.59. The van der Waals surface area contributed by atoms with Crippen LogP contribution in [-0.4, -0.2) is 33.3 Å². The van der Waals surface area contributed by atoms with E-state index in [1.807, 2.05) is 0 Å². The Hall–Kier alpha value is -1.63. The first-order chi connectivity index (χ1) is 7.60. The van der Waals surface area contributed by atoms with Crippen LogP contribution in [0.1, 0.15) is 6.42 Å². The van der Waals surface area contributed by atoms with Crippen molar-refractivity contribution in [3.63, 3.8) is 0 Å². The van der Waals surface area contributed by atoms with E-state index in [0.717, 1.165) is 0 Å². The Morgan fingerprint density at radius 2 is 2.25 bits per heavy atom. The Morgan fingerprint density at radius 1 is 1.50 bits per heavy atom. The van der Waals surface area contributed by atoms with Crippen molar-refractivity contribution in [2.75, 3.05) is 23.1 Å². The van der Waals surface area contributed by atoms with E-state index in [-0.39, 0.29) is 23.7 Å². The number of hydrogen-bond donors (Lipinski definition) is 2. The molecule has 3 N–H and O–H groups in total. The SMILES string of the molecule is Nc1nc(N2CC(CCl)CC2=O)nc(=O)[nH]1. The number of amides is 1. The molecular weight excluding hydrogens is 234 g/mol. The molecule has 8 heteroatoms. The fourth-order valence-corrected chi connectivity index (χ4v) is 1.79. The number of anilines is 2. The number of nitrogens with zero attached hydrogens (tertiary/aromatic N) is 3. The number of carbonyl (C=O) groups excluding carboxylic acids is 1. The van der Waals surface area contributed by atoms with Crippen molar-refractivity contribution in [1.29, 1.82) is 0 Å². The summed E-state index contributed by atoms with van der Waals surface area (Å²) in [7, 11) is 0. The molecule has 0 saturated carbocycles. The molecular formula is C8H10ClN5O2. The van der Waals surface area contributed by atoms with E-state index >= 15 is 0 Å². The van der Waals surface area contributed by atoms with Gasteiger partial charge in [0, 0.05) is 18.8 Å². The molecule has 1 aliphatic rings. The van der Waals surface area contributed by atoms with Gasteiger partial charge in [-0.25, -0.2) is 4.79 Å². The average molecular weight is 244 g/mol.